The molecule has 0 N–H and O–H groups in total. The third kappa shape index (κ3) is 3.96. The fraction of sp³-hybridized carbons (Fsp3) is 0.600. The molecule has 19 heavy (non-hydrogen) atoms. The standard InChI is InChI=1S/C15H19Br2ClO/c1-3-19-11-5-10(6-11)7-15(18)12-8-13(16)9(2)4-14(12)17/h4,8,10-11,15H,3,5-7H2,1-2H3. The molecule has 1 unspecified atom stereocenters. The van der Waals surface area contributed by atoms with Crippen molar-refractivity contribution in [3.63, 3.8) is 0 Å². The second-order valence-corrected chi connectivity index (χ2v) is 7.48. The maximum atomic E-state index is 6.58. The summed E-state index contributed by atoms with van der Waals surface area (Å²) in [5, 5.41) is 0.0684. The van der Waals surface area contributed by atoms with Crippen LogP contribution >= 0.6 is 43.5 Å². The molecule has 0 amide bonds. The first-order chi connectivity index (χ1) is 9.01. The normalized spacial score (nSPS) is 24.1. The second kappa shape index (κ2) is 6.93. The molecule has 1 fully saturated rings. The maximum absolute atomic E-state index is 6.58. The van der Waals surface area contributed by atoms with Crippen LogP contribution in [-0.2, 0) is 4.74 Å². The monoisotopic (exact) mass is 408 g/mol. The van der Waals surface area contributed by atoms with Gasteiger partial charge in [0.2, 0.25) is 0 Å². The highest BCUT2D eigenvalue weighted by Gasteiger charge is 2.31. The lowest BCUT2D eigenvalue weighted by molar-refractivity contribution is -0.0267. The Morgan fingerprint density at radius 3 is 2.63 bits per heavy atom. The smallest absolute Gasteiger partial charge is 0.0599 e. The van der Waals surface area contributed by atoms with Crippen molar-refractivity contribution in [2.75, 3.05) is 6.61 Å². The number of hydrogen-bond donors (Lipinski definition) is 0. The molecule has 0 bridgehead atoms. The van der Waals surface area contributed by atoms with Gasteiger partial charge in [0.1, 0.15) is 0 Å². The molecule has 0 spiro atoms. The first-order valence-corrected chi connectivity index (χ1v) is 8.74. The number of hydrogen-bond acceptors (Lipinski definition) is 1. The van der Waals surface area contributed by atoms with Gasteiger partial charge in [-0.1, -0.05) is 31.9 Å². The minimum absolute atomic E-state index is 0.0684. The molecule has 1 aliphatic carbocycles. The third-order valence-electron chi connectivity index (χ3n) is 3.75. The molecule has 106 valence electrons. The molecule has 1 nitrogen and oxygen atoms in total. The fourth-order valence-electron chi connectivity index (χ4n) is 2.56. The van der Waals surface area contributed by atoms with E-state index in [1.807, 2.05) is 0 Å². The van der Waals surface area contributed by atoms with Crippen LogP contribution in [0.15, 0.2) is 21.1 Å². The summed E-state index contributed by atoms with van der Waals surface area (Å²) in [5.74, 6) is 0.700. The van der Waals surface area contributed by atoms with Gasteiger partial charge in [0.05, 0.1) is 11.5 Å². The van der Waals surface area contributed by atoms with Crippen LogP contribution < -0.4 is 0 Å². The van der Waals surface area contributed by atoms with Crippen molar-refractivity contribution >= 4 is 43.5 Å². The number of alkyl halides is 1. The predicted molar refractivity (Wildman–Crippen MR) is 87.9 cm³/mol. The van der Waals surface area contributed by atoms with Crippen LogP contribution in [0.2, 0.25) is 0 Å². The molecule has 0 aromatic heterocycles. The summed E-state index contributed by atoms with van der Waals surface area (Å²) in [6, 6.07) is 4.26. The van der Waals surface area contributed by atoms with Crippen molar-refractivity contribution in [1.82, 2.24) is 0 Å². The molecule has 1 aromatic carbocycles. The van der Waals surface area contributed by atoms with Crippen molar-refractivity contribution in [2.24, 2.45) is 5.92 Å². The fourth-order valence-corrected chi connectivity index (χ4v) is 4.22. The van der Waals surface area contributed by atoms with Gasteiger partial charge in [-0.05, 0) is 62.3 Å². The second-order valence-electron chi connectivity index (χ2n) is 5.24. The van der Waals surface area contributed by atoms with Gasteiger partial charge < -0.3 is 4.74 Å². The largest absolute Gasteiger partial charge is 0.378 e. The van der Waals surface area contributed by atoms with Crippen molar-refractivity contribution < 1.29 is 4.74 Å². The summed E-state index contributed by atoms with van der Waals surface area (Å²) in [6.45, 7) is 4.96. The van der Waals surface area contributed by atoms with E-state index in [1.54, 1.807) is 0 Å². The highest BCUT2D eigenvalue weighted by atomic mass is 79.9. The number of aryl methyl sites for hydroxylation is 1. The van der Waals surface area contributed by atoms with E-state index in [0.717, 1.165) is 34.8 Å². The molecule has 1 aliphatic rings. The molecule has 1 aromatic rings. The van der Waals surface area contributed by atoms with Crippen LogP contribution in [0, 0.1) is 12.8 Å². The number of ether oxygens (including phenoxy) is 1. The van der Waals surface area contributed by atoms with E-state index in [-0.39, 0.29) is 5.38 Å². The minimum atomic E-state index is 0.0684. The summed E-state index contributed by atoms with van der Waals surface area (Å²) < 4.78 is 7.82. The van der Waals surface area contributed by atoms with E-state index in [4.69, 9.17) is 16.3 Å². The Morgan fingerprint density at radius 1 is 1.32 bits per heavy atom. The number of rotatable bonds is 5. The lowest BCUT2D eigenvalue weighted by Crippen LogP contribution is -2.31. The Balaban J connectivity index is 1.94. The summed E-state index contributed by atoms with van der Waals surface area (Å²) in [4.78, 5) is 0. The summed E-state index contributed by atoms with van der Waals surface area (Å²) in [6.07, 6.45) is 3.80. The van der Waals surface area contributed by atoms with Crippen LogP contribution in [0.25, 0.3) is 0 Å². The quantitative estimate of drug-likeness (QED) is 0.541. The average molecular weight is 411 g/mol. The van der Waals surface area contributed by atoms with Gasteiger partial charge >= 0.3 is 0 Å². The molecular formula is C15H19Br2ClO. The molecule has 1 saturated carbocycles. The van der Waals surface area contributed by atoms with Crippen molar-refractivity contribution in [3.8, 4) is 0 Å². The minimum Gasteiger partial charge on any atom is -0.378 e. The first kappa shape index (κ1) is 15.8. The van der Waals surface area contributed by atoms with Crippen molar-refractivity contribution in [1.29, 1.82) is 0 Å². The molecule has 1 atom stereocenters. The van der Waals surface area contributed by atoms with Crippen LogP contribution in [0.4, 0.5) is 0 Å². The van der Waals surface area contributed by atoms with E-state index in [2.05, 4.69) is 57.8 Å². The van der Waals surface area contributed by atoms with Crippen LogP contribution in [0.1, 0.15) is 42.7 Å². The molecule has 0 radical (unpaired) electrons. The average Bonchev–Trinajstić information content (AvgIpc) is 2.31. The summed E-state index contributed by atoms with van der Waals surface area (Å²) >= 11 is 13.8. The lowest BCUT2D eigenvalue weighted by atomic mass is 9.78. The zero-order valence-corrected chi connectivity index (χ0v) is 15.2. The van der Waals surface area contributed by atoms with Gasteiger partial charge in [0.15, 0.2) is 0 Å². The highest BCUT2D eigenvalue weighted by Crippen LogP contribution is 2.42. The predicted octanol–water partition coefficient (Wildman–Crippen LogP) is 6.01. The third-order valence-corrected chi connectivity index (χ3v) is 5.70. The van der Waals surface area contributed by atoms with Crippen LogP contribution in [-0.4, -0.2) is 12.7 Å². The van der Waals surface area contributed by atoms with Crippen LogP contribution in [0.5, 0.6) is 0 Å². The van der Waals surface area contributed by atoms with Gasteiger partial charge in [-0.3, -0.25) is 0 Å². The molecule has 0 aliphatic heterocycles. The zero-order chi connectivity index (χ0) is 14.0. The Bertz CT molecular complexity index is 444. The molecule has 2 rings (SSSR count). The lowest BCUT2D eigenvalue weighted by Gasteiger charge is -2.36. The SMILES string of the molecule is CCOC1CC(CC(Cl)c2cc(Br)c(C)cc2Br)C1. The first-order valence-electron chi connectivity index (χ1n) is 6.72. The highest BCUT2D eigenvalue weighted by molar-refractivity contribution is 9.11. The Hall–Kier alpha value is 0.430. The van der Waals surface area contributed by atoms with Gasteiger partial charge in [-0.25, -0.2) is 0 Å². The number of halogens is 3. The Kier molecular flexibility index (Phi) is 5.77. The zero-order valence-electron chi connectivity index (χ0n) is 11.3. The van der Waals surface area contributed by atoms with E-state index in [1.165, 1.54) is 11.1 Å². The maximum Gasteiger partial charge on any atom is 0.0599 e. The van der Waals surface area contributed by atoms with E-state index in [0.29, 0.717) is 12.0 Å². The van der Waals surface area contributed by atoms with Crippen molar-refractivity contribution in [3.05, 3.63) is 32.2 Å². The topological polar surface area (TPSA) is 9.23 Å². The van der Waals surface area contributed by atoms with Crippen LogP contribution in [0.3, 0.4) is 0 Å². The summed E-state index contributed by atoms with van der Waals surface area (Å²) in [5.41, 5.74) is 2.40. The van der Waals surface area contributed by atoms with Gasteiger partial charge in [0.25, 0.3) is 0 Å². The molecule has 0 saturated heterocycles. The van der Waals surface area contributed by atoms with Gasteiger partial charge in [-0.2, -0.15) is 0 Å². The Morgan fingerprint density at radius 2 is 2.00 bits per heavy atom. The molecular weight excluding hydrogens is 391 g/mol. The Labute approximate surface area is 137 Å². The van der Waals surface area contributed by atoms with E-state index < -0.39 is 0 Å². The van der Waals surface area contributed by atoms with Gasteiger partial charge in [-0.15, -0.1) is 11.6 Å². The van der Waals surface area contributed by atoms with Gasteiger partial charge in [0, 0.05) is 15.6 Å². The molecule has 4 heteroatoms. The number of benzene rings is 1. The molecule has 0 heterocycles. The van der Waals surface area contributed by atoms with Crippen molar-refractivity contribution in [2.45, 2.75) is 44.6 Å². The van der Waals surface area contributed by atoms with E-state index >= 15 is 0 Å². The van der Waals surface area contributed by atoms with E-state index in [9.17, 15) is 0 Å². The summed E-state index contributed by atoms with van der Waals surface area (Å²) in [7, 11) is 0.